The Bertz CT molecular complexity index is 840. The molecule has 0 atom stereocenters. The predicted octanol–water partition coefficient (Wildman–Crippen LogP) is 4.41. The number of thiazole rings is 1. The first kappa shape index (κ1) is 16.2. The molecule has 5 heteroatoms. The Balaban J connectivity index is 1.57. The number of aryl methyl sites for hydroxylation is 2. The van der Waals surface area contributed by atoms with Gasteiger partial charge in [0, 0.05) is 16.6 Å². The Hall–Kier alpha value is -2.66. The van der Waals surface area contributed by atoms with E-state index in [1.807, 2.05) is 55.6 Å². The molecule has 4 nitrogen and oxygen atoms in total. The molecule has 1 aromatic heterocycles. The smallest absolute Gasteiger partial charge is 0.349 e. The van der Waals surface area contributed by atoms with Crippen LogP contribution in [-0.4, -0.2) is 17.6 Å². The van der Waals surface area contributed by atoms with Crippen LogP contribution in [0.25, 0.3) is 10.6 Å². The maximum absolute atomic E-state index is 11.9. The van der Waals surface area contributed by atoms with Crippen molar-refractivity contribution in [1.82, 2.24) is 4.98 Å². The largest absolute Gasteiger partial charge is 0.482 e. The minimum atomic E-state index is -0.434. The van der Waals surface area contributed by atoms with E-state index in [-0.39, 0.29) is 6.61 Å². The Morgan fingerprint density at radius 3 is 2.50 bits per heavy atom. The number of esters is 1. The lowest BCUT2D eigenvalue weighted by atomic mass is 10.2. The van der Waals surface area contributed by atoms with Crippen LogP contribution < -0.4 is 9.47 Å². The van der Waals surface area contributed by atoms with Crippen molar-refractivity contribution in [2.75, 3.05) is 6.61 Å². The highest BCUT2D eigenvalue weighted by Crippen LogP contribution is 2.25. The zero-order valence-electron chi connectivity index (χ0n) is 13.5. The van der Waals surface area contributed by atoms with E-state index in [0.29, 0.717) is 11.5 Å². The number of benzene rings is 2. The fourth-order valence-corrected chi connectivity index (χ4v) is 2.97. The quantitative estimate of drug-likeness (QED) is 0.510. The maximum atomic E-state index is 11.9. The van der Waals surface area contributed by atoms with Crippen LogP contribution in [0, 0.1) is 13.8 Å². The summed E-state index contributed by atoms with van der Waals surface area (Å²) in [6, 6.07) is 14.9. The zero-order chi connectivity index (χ0) is 16.9. The van der Waals surface area contributed by atoms with Gasteiger partial charge in [0.2, 0.25) is 0 Å². The Morgan fingerprint density at radius 1 is 1.08 bits per heavy atom. The summed E-state index contributed by atoms with van der Waals surface area (Å²) in [4.78, 5) is 16.3. The molecular weight excluding hydrogens is 322 g/mol. The van der Waals surface area contributed by atoms with Gasteiger partial charge >= 0.3 is 5.97 Å². The fraction of sp³-hybridized carbons (Fsp3) is 0.158. The summed E-state index contributed by atoms with van der Waals surface area (Å²) in [5.41, 5.74) is 2.98. The van der Waals surface area contributed by atoms with E-state index in [0.717, 1.165) is 21.8 Å². The first-order valence-corrected chi connectivity index (χ1v) is 8.41. The van der Waals surface area contributed by atoms with Gasteiger partial charge in [0.15, 0.2) is 6.61 Å². The van der Waals surface area contributed by atoms with Crippen molar-refractivity contribution in [1.29, 1.82) is 0 Å². The summed E-state index contributed by atoms with van der Waals surface area (Å²) in [6.45, 7) is 3.77. The summed E-state index contributed by atoms with van der Waals surface area (Å²) in [7, 11) is 0. The molecule has 2 aromatic carbocycles. The van der Waals surface area contributed by atoms with Gasteiger partial charge in [-0.05, 0) is 49.7 Å². The van der Waals surface area contributed by atoms with Gasteiger partial charge in [-0.1, -0.05) is 18.2 Å². The molecule has 0 aliphatic heterocycles. The average molecular weight is 339 g/mol. The molecule has 0 bridgehead atoms. The number of hydrogen-bond acceptors (Lipinski definition) is 5. The predicted molar refractivity (Wildman–Crippen MR) is 94.6 cm³/mol. The van der Waals surface area contributed by atoms with Crippen LogP contribution in [0.2, 0.25) is 0 Å². The lowest BCUT2D eigenvalue weighted by Crippen LogP contribution is -2.17. The van der Waals surface area contributed by atoms with E-state index in [1.54, 1.807) is 23.5 Å². The number of nitrogens with zero attached hydrogens (tertiary/aromatic N) is 1. The van der Waals surface area contributed by atoms with Gasteiger partial charge in [0.1, 0.15) is 16.5 Å². The maximum Gasteiger partial charge on any atom is 0.349 e. The topological polar surface area (TPSA) is 48.4 Å². The summed E-state index contributed by atoms with van der Waals surface area (Å²) in [6.07, 6.45) is 0. The molecule has 1 heterocycles. The second kappa shape index (κ2) is 7.27. The molecule has 0 saturated carbocycles. The van der Waals surface area contributed by atoms with Gasteiger partial charge in [-0.25, -0.2) is 9.78 Å². The van der Waals surface area contributed by atoms with Gasteiger partial charge in [-0.15, -0.1) is 11.3 Å². The van der Waals surface area contributed by atoms with Crippen molar-refractivity contribution < 1.29 is 14.3 Å². The van der Waals surface area contributed by atoms with E-state index < -0.39 is 5.97 Å². The van der Waals surface area contributed by atoms with Crippen LogP contribution in [0.3, 0.4) is 0 Å². The molecule has 122 valence electrons. The molecule has 0 aliphatic carbocycles. The van der Waals surface area contributed by atoms with Crippen molar-refractivity contribution in [2.24, 2.45) is 0 Å². The summed E-state index contributed by atoms with van der Waals surface area (Å²) in [5, 5.41) is 2.96. The van der Waals surface area contributed by atoms with Gasteiger partial charge < -0.3 is 9.47 Å². The summed E-state index contributed by atoms with van der Waals surface area (Å²) < 4.78 is 10.8. The van der Waals surface area contributed by atoms with Gasteiger partial charge in [0.05, 0.1) is 0 Å². The number of ether oxygens (including phenoxy) is 2. The average Bonchev–Trinajstić information content (AvgIpc) is 3.01. The third-order valence-electron chi connectivity index (χ3n) is 3.39. The fourth-order valence-electron chi connectivity index (χ4n) is 2.17. The second-order valence-corrected chi connectivity index (χ2v) is 6.20. The normalized spacial score (nSPS) is 10.4. The molecule has 0 N–H and O–H groups in total. The van der Waals surface area contributed by atoms with Crippen molar-refractivity contribution in [3.05, 3.63) is 65.2 Å². The van der Waals surface area contributed by atoms with E-state index in [9.17, 15) is 4.79 Å². The number of para-hydroxylation sites is 1. The third-order valence-corrected chi connectivity index (χ3v) is 4.40. The van der Waals surface area contributed by atoms with Crippen molar-refractivity contribution in [3.63, 3.8) is 0 Å². The van der Waals surface area contributed by atoms with Crippen LogP contribution in [0.15, 0.2) is 53.9 Å². The minimum absolute atomic E-state index is 0.127. The van der Waals surface area contributed by atoms with Crippen molar-refractivity contribution >= 4 is 17.3 Å². The summed E-state index contributed by atoms with van der Waals surface area (Å²) >= 11 is 1.59. The standard InChI is InChI=1S/C19H17NO3S/c1-13-5-3-4-6-17(13)22-11-18(21)23-16-9-7-15(8-10-16)19-20-14(2)12-24-19/h3-10,12H,11H2,1-2H3. The van der Waals surface area contributed by atoms with E-state index >= 15 is 0 Å². The van der Waals surface area contributed by atoms with Crippen molar-refractivity contribution in [3.8, 4) is 22.1 Å². The number of hydrogen-bond donors (Lipinski definition) is 0. The first-order chi connectivity index (χ1) is 11.6. The highest BCUT2D eigenvalue weighted by Gasteiger charge is 2.08. The number of carbonyl (C=O) groups is 1. The van der Waals surface area contributed by atoms with Crippen LogP contribution in [0.5, 0.6) is 11.5 Å². The van der Waals surface area contributed by atoms with Crippen molar-refractivity contribution in [2.45, 2.75) is 13.8 Å². The molecule has 0 fully saturated rings. The lowest BCUT2D eigenvalue weighted by molar-refractivity contribution is -0.136. The van der Waals surface area contributed by atoms with E-state index in [2.05, 4.69) is 4.98 Å². The minimum Gasteiger partial charge on any atom is -0.482 e. The molecule has 3 rings (SSSR count). The highest BCUT2D eigenvalue weighted by atomic mass is 32.1. The molecular formula is C19H17NO3S. The number of carbonyl (C=O) groups excluding carboxylic acids is 1. The first-order valence-electron chi connectivity index (χ1n) is 7.53. The van der Waals surface area contributed by atoms with E-state index in [1.165, 1.54) is 0 Å². The van der Waals surface area contributed by atoms with Crippen LogP contribution in [0.1, 0.15) is 11.3 Å². The van der Waals surface area contributed by atoms with Crippen LogP contribution in [0.4, 0.5) is 0 Å². The lowest BCUT2D eigenvalue weighted by Gasteiger charge is -2.09. The second-order valence-electron chi connectivity index (χ2n) is 5.35. The molecule has 3 aromatic rings. The van der Waals surface area contributed by atoms with Gasteiger partial charge in [-0.2, -0.15) is 0 Å². The number of rotatable bonds is 5. The van der Waals surface area contributed by atoms with E-state index in [4.69, 9.17) is 9.47 Å². The highest BCUT2D eigenvalue weighted by molar-refractivity contribution is 7.13. The van der Waals surface area contributed by atoms with Crippen LogP contribution in [-0.2, 0) is 4.79 Å². The summed E-state index contributed by atoms with van der Waals surface area (Å²) in [5.74, 6) is 0.741. The molecule has 0 saturated heterocycles. The monoisotopic (exact) mass is 339 g/mol. The molecule has 0 radical (unpaired) electrons. The molecule has 24 heavy (non-hydrogen) atoms. The molecule has 0 amide bonds. The SMILES string of the molecule is Cc1csc(-c2ccc(OC(=O)COc3ccccc3C)cc2)n1. The van der Waals surface area contributed by atoms with Gasteiger partial charge in [-0.3, -0.25) is 0 Å². The molecule has 0 aliphatic rings. The van der Waals surface area contributed by atoms with Crippen LogP contribution >= 0.6 is 11.3 Å². The molecule has 0 spiro atoms. The Kier molecular flexibility index (Phi) is 4.91. The third kappa shape index (κ3) is 4.00. The number of aromatic nitrogens is 1. The Labute approximate surface area is 144 Å². The molecule has 0 unspecified atom stereocenters. The zero-order valence-corrected chi connectivity index (χ0v) is 14.3. The van der Waals surface area contributed by atoms with Gasteiger partial charge in [0.25, 0.3) is 0 Å². The Morgan fingerprint density at radius 2 is 1.83 bits per heavy atom.